The molecule has 4 nitrogen and oxygen atoms in total. The lowest BCUT2D eigenvalue weighted by Crippen LogP contribution is -2.16. The van der Waals surface area contributed by atoms with Gasteiger partial charge in [0.05, 0.1) is 7.11 Å². The van der Waals surface area contributed by atoms with Crippen LogP contribution in [0.1, 0.15) is 12.0 Å². The predicted octanol–water partition coefficient (Wildman–Crippen LogP) is 4.21. The van der Waals surface area contributed by atoms with Gasteiger partial charge in [-0.15, -0.1) is 0 Å². The maximum atomic E-state index is 11.9. The molecule has 22 heavy (non-hydrogen) atoms. The quantitative estimate of drug-likeness (QED) is 0.809. The highest BCUT2D eigenvalue weighted by Gasteiger charge is 2.04. The minimum Gasteiger partial charge on any atom is -0.497 e. The summed E-state index contributed by atoms with van der Waals surface area (Å²) in [4.78, 5) is 11.9. The zero-order chi connectivity index (χ0) is 15.9. The van der Waals surface area contributed by atoms with Gasteiger partial charge in [-0.05, 0) is 48.9 Å². The lowest BCUT2D eigenvalue weighted by atomic mass is 10.2. The molecule has 2 aromatic rings. The van der Waals surface area contributed by atoms with Crippen molar-refractivity contribution in [3.8, 4) is 5.75 Å². The van der Waals surface area contributed by atoms with E-state index in [1.165, 1.54) is 0 Å². The van der Waals surface area contributed by atoms with E-state index in [9.17, 15) is 4.79 Å². The van der Waals surface area contributed by atoms with Gasteiger partial charge in [-0.3, -0.25) is 4.79 Å². The van der Waals surface area contributed by atoms with Crippen molar-refractivity contribution in [1.82, 2.24) is 0 Å². The van der Waals surface area contributed by atoms with E-state index in [1.807, 2.05) is 49.4 Å². The highest BCUT2D eigenvalue weighted by Crippen LogP contribution is 2.20. The lowest BCUT2D eigenvalue weighted by molar-refractivity contribution is -0.115. The standard InChI is InChI=1S/C17H19BrN2O2/c1-12-3-4-14(11-16(12)18)20-17(21)9-10-19-13-5-7-15(22-2)8-6-13/h3-8,11,19H,9-10H2,1-2H3,(H,20,21). The summed E-state index contributed by atoms with van der Waals surface area (Å²) in [7, 11) is 1.64. The monoisotopic (exact) mass is 362 g/mol. The van der Waals surface area contributed by atoms with Gasteiger partial charge < -0.3 is 15.4 Å². The van der Waals surface area contributed by atoms with Gasteiger partial charge in [0, 0.05) is 28.8 Å². The van der Waals surface area contributed by atoms with Crippen LogP contribution in [0, 0.1) is 6.92 Å². The average molecular weight is 363 g/mol. The van der Waals surface area contributed by atoms with Gasteiger partial charge in [0.2, 0.25) is 5.91 Å². The minimum absolute atomic E-state index is 0.0169. The van der Waals surface area contributed by atoms with E-state index in [-0.39, 0.29) is 5.91 Å². The van der Waals surface area contributed by atoms with E-state index in [1.54, 1.807) is 7.11 Å². The molecular weight excluding hydrogens is 344 g/mol. The molecule has 0 aromatic heterocycles. The number of amides is 1. The van der Waals surface area contributed by atoms with Crippen LogP contribution >= 0.6 is 15.9 Å². The molecule has 0 spiro atoms. The van der Waals surface area contributed by atoms with E-state index in [4.69, 9.17) is 4.74 Å². The summed E-state index contributed by atoms with van der Waals surface area (Å²) in [6, 6.07) is 13.4. The zero-order valence-corrected chi connectivity index (χ0v) is 14.2. The fourth-order valence-electron chi connectivity index (χ4n) is 1.92. The topological polar surface area (TPSA) is 50.4 Å². The highest BCUT2D eigenvalue weighted by atomic mass is 79.9. The first kappa shape index (κ1) is 16.4. The summed E-state index contributed by atoms with van der Waals surface area (Å²) in [6.45, 7) is 2.58. The highest BCUT2D eigenvalue weighted by molar-refractivity contribution is 9.10. The molecule has 0 fully saturated rings. The summed E-state index contributed by atoms with van der Waals surface area (Å²) in [6.07, 6.45) is 0.400. The fourth-order valence-corrected chi connectivity index (χ4v) is 2.30. The second-order valence-corrected chi connectivity index (χ2v) is 5.77. The van der Waals surface area contributed by atoms with Crippen molar-refractivity contribution in [3.63, 3.8) is 0 Å². The van der Waals surface area contributed by atoms with Crippen molar-refractivity contribution < 1.29 is 9.53 Å². The normalized spacial score (nSPS) is 10.1. The molecule has 116 valence electrons. The number of carbonyl (C=O) groups excluding carboxylic acids is 1. The van der Waals surface area contributed by atoms with Crippen LogP contribution in [0.25, 0.3) is 0 Å². The van der Waals surface area contributed by atoms with Crippen molar-refractivity contribution >= 4 is 33.2 Å². The van der Waals surface area contributed by atoms with Gasteiger partial charge in [-0.2, -0.15) is 0 Å². The van der Waals surface area contributed by atoms with E-state index in [2.05, 4.69) is 26.6 Å². The number of methoxy groups -OCH3 is 1. The molecule has 5 heteroatoms. The molecule has 1 amide bonds. The van der Waals surface area contributed by atoms with Crippen LogP contribution in [-0.4, -0.2) is 19.6 Å². The number of carbonyl (C=O) groups is 1. The van der Waals surface area contributed by atoms with Gasteiger partial charge >= 0.3 is 0 Å². The predicted molar refractivity (Wildman–Crippen MR) is 93.6 cm³/mol. The molecule has 2 N–H and O–H groups in total. The Morgan fingerprint density at radius 1 is 1.14 bits per heavy atom. The lowest BCUT2D eigenvalue weighted by Gasteiger charge is -2.09. The van der Waals surface area contributed by atoms with E-state index in [0.29, 0.717) is 13.0 Å². The Bertz CT molecular complexity index is 642. The van der Waals surface area contributed by atoms with E-state index >= 15 is 0 Å². The molecule has 0 bridgehead atoms. The van der Waals surface area contributed by atoms with Crippen LogP contribution in [0.4, 0.5) is 11.4 Å². The van der Waals surface area contributed by atoms with E-state index < -0.39 is 0 Å². The first-order valence-electron chi connectivity index (χ1n) is 7.02. The Morgan fingerprint density at radius 2 is 1.82 bits per heavy atom. The smallest absolute Gasteiger partial charge is 0.226 e. The largest absolute Gasteiger partial charge is 0.497 e. The van der Waals surface area contributed by atoms with Crippen LogP contribution in [-0.2, 0) is 4.79 Å². The molecule has 0 radical (unpaired) electrons. The number of halogens is 1. The minimum atomic E-state index is -0.0169. The number of hydrogen-bond acceptors (Lipinski definition) is 3. The first-order chi connectivity index (χ1) is 10.6. The van der Waals surface area contributed by atoms with Crippen molar-refractivity contribution in [1.29, 1.82) is 0 Å². The molecule has 2 rings (SSSR count). The van der Waals surface area contributed by atoms with Gasteiger partial charge in [-0.25, -0.2) is 0 Å². The molecule has 2 aromatic carbocycles. The maximum Gasteiger partial charge on any atom is 0.226 e. The van der Waals surface area contributed by atoms with Gasteiger partial charge in [-0.1, -0.05) is 22.0 Å². The second kappa shape index (κ2) is 7.84. The van der Waals surface area contributed by atoms with Crippen molar-refractivity contribution in [2.24, 2.45) is 0 Å². The van der Waals surface area contributed by atoms with Gasteiger partial charge in [0.15, 0.2) is 0 Å². The third-order valence-electron chi connectivity index (χ3n) is 3.23. The second-order valence-electron chi connectivity index (χ2n) is 4.92. The Hall–Kier alpha value is -2.01. The number of nitrogens with one attached hydrogen (secondary N) is 2. The number of hydrogen-bond donors (Lipinski definition) is 2. The summed E-state index contributed by atoms with van der Waals surface area (Å²) in [5.74, 6) is 0.796. The average Bonchev–Trinajstić information content (AvgIpc) is 2.51. The number of benzene rings is 2. The third kappa shape index (κ3) is 4.77. The van der Waals surface area contributed by atoms with Crippen molar-refractivity contribution in [3.05, 3.63) is 52.5 Å². The molecule has 0 aliphatic carbocycles. The zero-order valence-electron chi connectivity index (χ0n) is 12.7. The molecule has 0 heterocycles. The van der Waals surface area contributed by atoms with Gasteiger partial charge in [0.1, 0.15) is 5.75 Å². The van der Waals surface area contributed by atoms with Crippen LogP contribution in [0.5, 0.6) is 5.75 Å². The summed E-state index contributed by atoms with van der Waals surface area (Å²) in [5, 5.41) is 6.09. The number of anilines is 2. The molecule has 0 aliphatic rings. The van der Waals surface area contributed by atoms with Crippen LogP contribution < -0.4 is 15.4 Å². The molecule has 0 atom stereocenters. The summed E-state index contributed by atoms with van der Waals surface area (Å²) in [5.41, 5.74) is 2.90. The number of ether oxygens (including phenoxy) is 1. The Morgan fingerprint density at radius 3 is 2.45 bits per heavy atom. The number of aryl methyl sites for hydroxylation is 1. The Kier molecular flexibility index (Phi) is 5.83. The van der Waals surface area contributed by atoms with E-state index in [0.717, 1.165) is 27.2 Å². The molecule has 0 unspecified atom stereocenters. The molecule has 0 saturated carbocycles. The Labute approximate surface area is 139 Å². The van der Waals surface area contributed by atoms with Crippen LogP contribution in [0.2, 0.25) is 0 Å². The van der Waals surface area contributed by atoms with Gasteiger partial charge in [0.25, 0.3) is 0 Å². The summed E-state index contributed by atoms with van der Waals surface area (Å²) >= 11 is 3.46. The molecular formula is C17H19BrN2O2. The van der Waals surface area contributed by atoms with Crippen molar-refractivity contribution in [2.75, 3.05) is 24.3 Å². The Balaban J connectivity index is 1.78. The van der Waals surface area contributed by atoms with Crippen molar-refractivity contribution in [2.45, 2.75) is 13.3 Å². The fraction of sp³-hybridized carbons (Fsp3) is 0.235. The van der Waals surface area contributed by atoms with Crippen LogP contribution in [0.3, 0.4) is 0 Å². The molecule has 0 aliphatic heterocycles. The number of rotatable bonds is 6. The first-order valence-corrected chi connectivity index (χ1v) is 7.81. The maximum absolute atomic E-state index is 11.9. The third-order valence-corrected chi connectivity index (χ3v) is 4.08. The molecule has 0 saturated heterocycles. The SMILES string of the molecule is COc1ccc(NCCC(=O)Nc2ccc(C)c(Br)c2)cc1. The summed E-state index contributed by atoms with van der Waals surface area (Å²) < 4.78 is 6.09. The van der Waals surface area contributed by atoms with Crippen LogP contribution in [0.15, 0.2) is 46.9 Å².